The molecule has 1 aromatic carbocycles. The molecule has 1 aliphatic heterocycles. The van der Waals surface area contributed by atoms with Gasteiger partial charge in [0.15, 0.2) is 16.7 Å². The van der Waals surface area contributed by atoms with E-state index in [1.165, 1.54) is 41.7 Å². The number of carbonyl (C=O) groups excluding carboxylic acids is 2. The van der Waals surface area contributed by atoms with E-state index < -0.39 is 29.3 Å². The number of nitrogens with zero attached hydrogens (tertiary/aromatic N) is 3. The number of hydrogen-bond donors (Lipinski definition) is 1. The van der Waals surface area contributed by atoms with E-state index >= 15 is 0 Å². The monoisotopic (exact) mass is 439 g/mol. The third-order valence-electron chi connectivity index (χ3n) is 5.06. The summed E-state index contributed by atoms with van der Waals surface area (Å²) in [5, 5.41) is 11.3. The summed E-state index contributed by atoms with van der Waals surface area (Å²) >= 11 is 1.27. The van der Waals surface area contributed by atoms with Gasteiger partial charge in [0.25, 0.3) is 5.78 Å². The molecule has 1 N–H and O–H groups in total. The van der Waals surface area contributed by atoms with E-state index in [-0.39, 0.29) is 16.9 Å². The molecule has 3 heterocycles. The number of anilines is 1. The summed E-state index contributed by atoms with van der Waals surface area (Å²) < 4.78 is 19.1. The van der Waals surface area contributed by atoms with Gasteiger partial charge in [-0.15, -0.1) is 11.3 Å². The highest BCUT2D eigenvalue weighted by atomic mass is 32.1. The van der Waals surface area contributed by atoms with E-state index in [2.05, 4.69) is 9.97 Å². The van der Waals surface area contributed by atoms with Crippen LogP contribution in [0.5, 0.6) is 5.75 Å². The molecule has 0 unspecified atom stereocenters. The minimum absolute atomic E-state index is 0.00740. The number of methoxy groups -OCH3 is 1. The quantitative estimate of drug-likeness (QED) is 0.376. The van der Waals surface area contributed by atoms with E-state index in [0.717, 1.165) is 16.6 Å². The molecule has 1 fully saturated rings. The summed E-state index contributed by atoms with van der Waals surface area (Å²) in [5.41, 5.74) is 0.976. The summed E-state index contributed by atoms with van der Waals surface area (Å²) in [4.78, 5) is 36.9. The fourth-order valence-electron chi connectivity index (χ4n) is 3.38. The highest BCUT2D eigenvalue weighted by Gasteiger charge is 2.48. The molecule has 1 atom stereocenters. The molecule has 0 aliphatic carbocycles. The molecule has 0 spiro atoms. The van der Waals surface area contributed by atoms with E-state index in [0.29, 0.717) is 10.8 Å². The van der Waals surface area contributed by atoms with Gasteiger partial charge in [-0.2, -0.15) is 0 Å². The lowest BCUT2D eigenvalue weighted by atomic mass is 9.98. The molecule has 0 bridgehead atoms. The van der Waals surface area contributed by atoms with Gasteiger partial charge in [-0.1, -0.05) is 6.07 Å². The van der Waals surface area contributed by atoms with Crippen LogP contribution in [0.2, 0.25) is 0 Å². The van der Waals surface area contributed by atoms with Crippen LogP contribution in [-0.2, 0) is 9.59 Å². The summed E-state index contributed by atoms with van der Waals surface area (Å²) in [7, 11) is 1.32. The maximum atomic E-state index is 14.2. The molecule has 3 aromatic rings. The molecule has 1 aliphatic rings. The Morgan fingerprint density at radius 1 is 1.23 bits per heavy atom. The summed E-state index contributed by atoms with van der Waals surface area (Å²) in [6, 6.07) is 7.87. The number of Topliss-reactive ketones (excluding diaryl/α,β-unsaturated/α-hetero) is 1. The number of ketones is 1. The fourth-order valence-corrected chi connectivity index (χ4v) is 4.31. The summed E-state index contributed by atoms with van der Waals surface area (Å²) in [6.07, 6.45) is 1.53. The number of aryl methyl sites for hydroxylation is 2. The zero-order chi connectivity index (χ0) is 22.3. The summed E-state index contributed by atoms with van der Waals surface area (Å²) in [5.74, 6) is -2.94. The number of pyridine rings is 1. The largest absolute Gasteiger partial charge is 0.507 e. The molecule has 1 saturated heterocycles. The van der Waals surface area contributed by atoms with Crippen LogP contribution in [0.25, 0.3) is 5.76 Å². The Hall–Kier alpha value is -3.59. The van der Waals surface area contributed by atoms with Crippen molar-refractivity contribution in [3.8, 4) is 5.75 Å². The molecule has 9 heteroatoms. The number of carbonyl (C=O) groups is 2. The highest BCUT2D eigenvalue weighted by Crippen LogP contribution is 2.43. The minimum Gasteiger partial charge on any atom is -0.507 e. The van der Waals surface area contributed by atoms with Gasteiger partial charge in [0, 0.05) is 16.6 Å². The first-order valence-corrected chi connectivity index (χ1v) is 10.1. The molecule has 4 rings (SSSR count). The lowest BCUT2D eigenvalue weighted by Gasteiger charge is -2.22. The van der Waals surface area contributed by atoms with E-state index in [1.807, 2.05) is 13.8 Å². The topological polar surface area (TPSA) is 92.6 Å². The number of aliphatic hydroxyl groups is 1. The van der Waals surface area contributed by atoms with Crippen LogP contribution in [0.3, 0.4) is 0 Å². The SMILES string of the molecule is COc1ccc(C(O)=C2C(=O)C(=O)N(c3nc(C)c(C)s3)[C@H]2c2ccccn2)cc1F. The maximum Gasteiger partial charge on any atom is 0.301 e. The minimum atomic E-state index is -1.00. The van der Waals surface area contributed by atoms with Crippen LogP contribution in [0.1, 0.15) is 27.9 Å². The molecule has 7 nitrogen and oxygen atoms in total. The van der Waals surface area contributed by atoms with Crippen LogP contribution in [0.15, 0.2) is 48.2 Å². The van der Waals surface area contributed by atoms with Crippen LogP contribution in [-0.4, -0.2) is 33.9 Å². The normalized spacial score (nSPS) is 17.9. The number of aliphatic hydroxyl groups excluding tert-OH is 1. The number of halogens is 1. The Morgan fingerprint density at radius 2 is 2.00 bits per heavy atom. The fraction of sp³-hybridized carbons (Fsp3) is 0.182. The molecule has 1 amide bonds. The first-order chi connectivity index (χ1) is 14.8. The number of benzene rings is 1. The maximum absolute atomic E-state index is 14.2. The van der Waals surface area contributed by atoms with Crippen molar-refractivity contribution in [2.24, 2.45) is 0 Å². The molecule has 0 radical (unpaired) electrons. The van der Waals surface area contributed by atoms with Gasteiger partial charge in [-0.05, 0) is 44.2 Å². The van der Waals surface area contributed by atoms with E-state index in [4.69, 9.17) is 4.74 Å². The second-order valence-electron chi connectivity index (χ2n) is 6.91. The molecule has 31 heavy (non-hydrogen) atoms. The van der Waals surface area contributed by atoms with Crippen molar-refractivity contribution in [1.82, 2.24) is 9.97 Å². The van der Waals surface area contributed by atoms with Crippen molar-refractivity contribution in [3.63, 3.8) is 0 Å². The average molecular weight is 439 g/mol. The Morgan fingerprint density at radius 3 is 2.58 bits per heavy atom. The van der Waals surface area contributed by atoms with Gasteiger partial charge in [0.2, 0.25) is 0 Å². The van der Waals surface area contributed by atoms with Crippen LogP contribution in [0.4, 0.5) is 9.52 Å². The van der Waals surface area contributed by atoms with Crippen molar-refractivity contribution in [3.05, 3.63) is 75.8 Å². The van der Waals surface area contributed by atoms with E-state index in [9.17, 15) is 19.1 Å². The number of hydrogen-bond acceptors (Lipinski definition) is 7. The second-order valence-corrected chi connectivity index (χ2v) is 8.09. The number of rotatable bonds is 4. The Balaban J connectivity index is 1.93. The van der Waals surface area contributed by atoms with Crippen molar-refractivity contribution in [1.29, 1.82) is 0 Å². The Labute approximate surface area is 181 Å². The zero-order valence-corrected chi connectivity index (χ0v) is 17.7. The molecule has 158 valence electrons. The third-order valence-corrected chi connectivity index (χ3v) is 6.13. The molecular formula is C22H18FN3O4S. The first kappa shape index (κ1) is 20.7. The average Bonchev–Trinajstić information content (AvgIpc) is 3.23. The Bertz CT molecular complexity index is 1200. The van der Waals surface area contributed by atoms with Crippen molar-refractivity contribution in [2.75, 3.05) is 12.0 Å². The van der Waals surface area contributed by atoms with Crippen molar-refractivity contribution in [2.45, 2.75) is 19.9 Å². The smallest absolute Gasteiger partial charge is 0.301 e. The highest BCUT2D eigenvalue weighted by molar-refractivity contribution is 7.16. The first-order valence-electron chi connectivity index (χ1n) is 9.33. The van der Waals surface area contributed by atoms with Gasteiger partial charge in [0.1, 0.15) is 11.8 Å². The van der Waals surface area contributed by atoms with Crippen molar-refractivity contribution >= 4 is 33.9 Å². The van der Waals surface area contributed by atoms with Crippen molar-refractivity contribution < 1.29 is 23.8 Å². The van der Waals surface area contributed by atoms with E-state index in [1.54, 1.807) is 18.2 Å². The number of aromatic nitrogens is 2. The standard InChI is InChI=1S/C22H18FN3O4S/c1-11-12(2)31-22(25-11)26-18(15-6-4-5-9-24-15)17(20(28)21(26)29)19(27)13-7-8-16(30-3)14(23)10-13/h4-10,18,27H,1-3H3/t18-/m0/s1. The van der Waals surface area contributed by atoms with Gasteiger partial charge < -0.3 is 9.84 Å². The molecule has 0 saturated carbocycles. The molecule has 2 aromatic heterocycles. The number of ether oxygens (including phenoxy) is 1. The zero-order valence-electron chi connectivity index (χ0n) is 16.9. The second kappa shape index (κ2) is 7.92. The van der Waals surface area contributed by atoms with Gasteiger partial charge >= 0.3 is 5.91 Å². The number of thiazole rings is 1. The number of amides is 1. The van der Waals surface area contributed by atoms with Crippen LogP contribution < -0.4 is 9.64 Å². The van der Waals surface area contributed by atoms with Gasteiger partial charge in [-0.3, -0.25) is 19.5 Å². The van der Waals surface area contributed by atoms with Crippen LogP contribution >= 0.6 is 11.3 Å². The van der Waals surface area contributed by atoms with Gasteiger partial charge in [-0.25, -0.2) is 9.37 Å². The third kappa shape index (κ3) is 3.46. The lowest BCUT2D eigenvalue weighted by molar-refractivity contribution is -0.132. The molecular weight excluding hydrogens is 421 g/mol. The lowest BCUT2D eigenvalue weighted by Crippen LogP contribution is -2.29. The summed E-state index contributed by atoms with van der Waals surface area (Å²) in [6.45, 7) is 3.67. The van der Waals surface area contributed by atoms with Gasteiger partial charge in [0.05, 0.1) is 24.1 Å². The predicted octanol–water partition coefficient (Wildman–Crippen LogP) is 3.93. The van der Waals surface area contributed by atoms with Crippen LogP contribution in [0, 0.1) is 19.7 Å². The Kier molecular flexibility index (Phi) is 5.28. The predicted molar refractivity (Wildman–Crippen MR) is 114 cm³/mol.